The van der Waals surface area contributed by atoms with Crippen molar-refractivity contribution in [2.75, 3.05) is 13.1 Å². The van der Waals surface area contributed by atoms with Crippen molar-refractivity contribution < 1.29 is 0 Å². The molecular formula is C18H28N2. The third kappa shape index (κ3) is 3.24. The van der Waals surface area contributed by atoms with Crippen LogP contribution in [0.15, 0.2) is 24.3 Å². The quantitative estimate of drug-likeness (QED) is 0.904. The number of fused-ring (bicyclic) bond motifs is 1. The molecule has 0 bridgehead atoms. The number of hydrogen-bond donors (Lipinski definition) is 1. The van der Waals surface area contributed by atoms with Crippen LogP contribution in [-0.4, -0.2) is 30.1 Å². The fourth-order valence-electron chi connectivity index (χ4n) is 3.82. The van der Waals surface area contributed by atoms with E-state index in [2.05, 4.69) is 41.4 Å². The van der Waals surface area contributed by atoms with E-state index in [1.807, 2.05) is 0 Å². The van der Waals surface area contributed by atoms with Gasteiger partial charge < -0.3 is 5.32 Å². The standard InChI is InChI=1S/C18H28N2/c1-2-12-19-17-7-9-18(10-8-17)20-13-11-15-5-3-4-6-16(15)14-20/h3-6,17-19H,2,7-14H2,1H3. The Labute approximate surface area is 123 Å². The second kappa shape index (κ2) is 6.73. The summed E-state index contributed by atoms with van der Waals surface area (Å²) in [5, 5.41) is 3.69. The summed E-state index contributed by atoms with van der Waals surface area (Å²) < 4.78 is 0. The van der Waals surface area contributed by atoms with Crippen LogP contribution in [0, 0.1) is 0 Å². The number of nitrogens with one attached hydrogen (secondary N) is 1. The van der Waals surface area contributed by atoms with Crippen LogP contribution in [0.1, 0.15) is 50.2 Å². The molecule has 1 aromatic carbocycles. The van der Waals surface area contributed by atoms with E-state index in [9.17, 15) is 0 Å². The van der Waals surface area contributed by atoms with E-state index in [0.717, 1.165) is 12.1 Å². The topological polar surface area (TPSA) is 15.3 Å². The lowest BCUT2D eigenvalue weighted by Gasteiger charge is -2.39. The van der Waals surface area contributed by atoms with Gasteiger partial charge >= 0.3 is 0 Å². The van der Waals surface area contributed by atoms with Gasteiger partial charge in [-0.3, -0.25) is 4.90 Å². The highest BCUT2D eigenvalue weighted by atomic mass is 15.2. The van der Waals surface area contributed by atoms with Crippen LogP contribution in [0.2, 0.25) is 0 Å². The van der Waals surface area contributed by atoms with Gasteiger partial charge in [0.2, 0.25) is 0 Å². The molecule has 0 radical (unpaired) electrons. The van der Waals surface area contributed by atoms with Crippen LogP contribution in [-0.2, 0) is 13.0 Å². The predicted molar refractivity (Wildman–Crippen MR) is 84.9 cm³/mol. The first-order valence-corrected chi connectivity index (χ1v) is 8.41. The van der Waals surface area contributed by atoms with E-state index in [4.69, 9.17) is 0 Å². The molecule has 0 aromatic heterocycles. The molecule has 3 rings (SSSR count). The highest BCUT2D eigenvalue weighted by Crippen LogP contribution is 2.28. The Hall–Kier alpha value is -0.860. The minimum Gasteiger partial charge on any atom is -0.314 e. The molecule has 20 heavy (non-hydrogen) atoms. The molecule has 0 atom stereocenters. The van der Waals surface area contributed by atoms with Gasteiger partial charge in [0.25, 0.3) is 0 Å². The molecule has 0 spiro atoms. The first-order chi connectivity index (χ1) is 9.86. The summed E-state index contributed by atoms with van der Waals surface area (Å²) in [6, 6.07) is 10.6. The minimum absolute atomic E-state index is 0.781. The van der Waals surface area contributed by atoms with E-state index in [1.165, 1.54) is 58.2 Å². The highest BCUT2D eigenvalue weighted by molar-refractivity contribution is 5.29. The van der Waals surface area contributed by atoms with E-state index in [-0.39, 0.29) is 0 Å². The van der Waals surface area contributed by atoms with Gasteiger partial charge in [0.15, 0.2) is 0 Å². The molecule has 1 aliphatic carbocycles. The van der Waals surface area contributed by atoms with E-state index in [1.54, 1.807) is 11.1 Å². The molecule has 2 nitrogen and oxygen atoms in total. The third-order valence-electron chi connectivity index (χ3n) is 5.06. The fraction of sp³-hybridized carbons (Fsp3) is 0.667. The van der Waals surface area contributed by atoms with Crippen LogP contribution in [0.4, 0.5) is 0 Å². The maximum atomic E-state index is 3.69. The Morgan fingerprint density at radius 2 is 1.85 bits per heavy atom. The fourth-order valence-corrected chi connectivity index (χ4v) is 3.82. The summed E-state index contributed by atoms with van der Waals surface area (Å²) in [4.78, 5) is 2.73. The summed E-state index contributed by atoms with van der Waals surface area (Å²) in [5.41, 5.74) is 3.13. The zero-order valence-corrected chi connectivity index (χ0v) is 12.8. The summed E-state index contributed by atoms with van der Waals surface area (Å²) in [6.45, 7) is 5.87. The number of nitrogens with zero attached hydrogens (tertiary/aromatic N) is 1. The van der Waals surface area contributed by atoms with Gasteiger partial charge in [-0.1, -0.05) is 31.2 Å². The number of rotatable bonds is 4. The molecule has 0 amide bonds. The van der Waals surface area contributed by atoms with Crippen LogP contribution < -0.4 is 5.32 Å². The Morgan fingerprint density at radius 3 is 2.60 bits per heavy atom. The molecule has 1 aromatic rings. The second-order valence-electron chi connectivity index (χ2n) is 6.45. The van der Waals surface area contributed by atoms with Crippen molar-refractivity contribution >= 4 is 0 Å². The summed E-state index contributed by atoms with van der Waals surface area (Å²) in [6.07, 6.45) is 7.98. The molecule has 1 N–H and O–H groups in total. The summed E-state index contributed by atoms with van der Waals surface area (Å²) in [7, 11) is 0. The summed E-state index contributed by atoms with van der Waals surface area (Å²) >= 11 is 0. The number of hydrogen-bond acceptors (Lipinski definition) is 2. The largest absolute Gasteiger partial charge is 0.314 e. The van der Waals surface area contributed by atoms with Crippen molar-refractivity contribution in [1.29, 1.82) is 0 Å². The lowest BCUT2D eigenvalue weighted by molar-refractivity contribution is 0.130. The average Bonchev–Trinajstić information content (AvgIpc) is 2.53. The second-order valence-corrected chi connectivity index (χ2v) is 6.45. The zero-order valence-electron chi connectivity index (χ0n) is 12.8. The van der Waals surface area contributed by atoms with Gasteiger partial charge in [0, 0.05) is 25.2 Å². The molecular weight excluding hydrogens is 244 g/mol. The molecule has 1 fully saturated rings. The Balaban J connectivity index is 1.52. The average molecular weight is 272 g/mol. The van der Waals surface area contributed by atoms with Crippen molar-refractivity contribution in [3.63, 3.8) is 0 Å². The number of benzene rings is 1. The smallest absolute Gasteiger partial charge is 0.0239 e. The van der Waals surface area contributed by atoms with Gasteiger partial charge in [-0.25, -0.2) is 0 Å². The molecule has 2 heteroatoms. The lowest BCUT2D eigenvalue weighted by atomic mass is 9.88. The molecule has 1 aliphatic heterocycles. The normalized spacial score (nSPS) is 27.2. The Kier molecular flexibility index (Phi) is 4.74. The monoisotopic (exact) mass is 272 g/mol. The Bertz CT molecular complexity index is 421. The van der Waals surface area contributed by atoms with Gasteiger partial charge in [-0.2, -0.15) is 0 Å². The molecule has 1 saturated carbocycles. The lowest BCUT2D eigenvalue weighted by Crippen LogP contribution is -2.44. The molecule has 110 valence electrons. The van der Waals surface area contributed by atoms with Crippen molar-refractivity contribution in [2.45, 2.75) is 64.1 Å². The van der Waals surface area contributed by atoms with Gasteiger partial charge in [-0.05, 0) is 56.2 Å². The van der Waals surface area contributed by atoms with Gasteiger partial charge in [0.1, 0.15) is 0 Å². The molecule has 0 saturated heterocycles. The van der Waals surface area contributed by atoms with E-state index < -0.39 is 0 Å². The Morgan fingerprint density at radius 1 is 1.10 bits per heavy atom. The highest BCUT2D eigenvalue weighted by Gasteiger charge is 2.27. The van der Waals surface area contributed by atoms with Crippen molar-refractivity contribution in [2.24, 2.45) is 0 Å². The van der Waals surface area contributed by atoms with Crippen molar-refractivity contribution in [3.8, 4) is 0 Å². The molecule has 2 aliphatic rings. The maximum Gasteiger partial charge on any atom is 0.0239 e. The van der Waals surface area contributed by atoms with Crippen LogP contribution in [0.25, 0.3) is 0 Å². The minimum atomic E-state index is 0.781. The van der Waals surface area contributed by atoms with Crippen LogP contribution in [0.3, 0.4) is 0 Å². The first-order valence-electron chi connectivity index (χ1n) is 8.41. The van der Waals surface area contributed by atoms with Gasteiger partial charge in [0.05, 0.1) is 0 Å². The SMILES string of the molecule is CCCNC1CCC(N2CCc3ccccc3C2)CC1. The molecule has 1 heterocycles. The predicted octanol–water partition coefficient (Wildman–Crippen LogP) is 3.36. The molecule has 0 unspecified atom stereocenters. The van der Waals surface area contributed by atoms with Gasteiger partial charge in [-0.15, -0.1) is 0 Å². The zero-order chi connectivity index (χ0) is 13.8. The first kappa shape index (κ1) is 14.1. The van der Waals surface area contributed by atoms with Crippen molar-refractivity contribution in [3.05, 3.63) is 35.4 Å². The maximum absolute atomic E-state index is 3.69. The summed E-state index contributed by atoms with van der Waals surface area (Å²) in [5.74, 6) is 0. The van der Waals surface area contributed by atoms with E-state index in [0.29, 0.717) is 0 Å². The van der Waals surface area contributed by atoms with Crippen LogP contribution in [0.5, 0.6) is 0 Å². The van der Waals surface area contributed by atoms with E-state index >= 15 is 0 Å². The third-order valence-corrected chi connectivity index (χ3v) is 5.06. The van der Waals surface area contributed by atoms with Crippen molar-refractivity contribution in [1.82, 2.24) is 10.2 Å². The van der Waals surface area contributed by atoms with Crippen LogP contribution >= 0.6 is 0 Å².